The first-order valence-electron chi connectivity index (χ1n) is 4.98. The molecule has 75 valence electrons. The number of nitrogens with two attached hydrogens (primary N) is 1. The van der Waals surface area contributed by atoms with E-state index in [-0.39, 0.29) is 0 Å². The van der Waals surface area contributed by atoms with Crippen LogP contribution in [0.15, 0.2) is 0 Å². The molecule has 2 heterocycles. The van der Waals surface area contributed by atoms with E-state index in [9.17, 15) is 0 Å². The summed E-state index contributed by atoms with van der Waals surface area (Å²) in [5.74, 6) is 0. The van der Waals surface area contributed by atoms with Crippen LogP contribution >= 0.6 is 0 Å². The second-order valence-electron chi connectivity index (χ2n) is 3.22. The van der Waals surface area contributed by atoms with E-state index in [1.807, 2.05) is 0 Å². The van der Waals surface area contributed by atoms with Gasteiger partial charge in [0.15, 0.2) is 0 Å². The van der Waals surface area contributed by atoms with Gasteiger partial charge in [-0.3, -0.25) is 0 Å². The van der Waals surface area contributed by atoms with Crippen LogP contribution in [0.25, 0.3) is 0 Å². The Morgan fingerprint density at radius 1 is 1.08 bits per heavy atom. The van der Waals surface area contributed by atoms with Crippen molar-refractivity contribution in [3.8, 4) is 0 Å². The Morgan fingerprint density at radius 2 is 1.92 bits per heavy atom. The van der Waals surface area contributed by atoms with Crippen molar-refractivity contribution in [3.63, 3.8) is 0 Å². The van der Waals surface area contributed by atoms with E-state index < -0.39 is 9.20 Å². The van der Waals surface area contributed by atoms with Crippen LogP contribution in [0, 0.1) is 0 Å². The Hall–Kier alpha value is 0.314. The molecule has 0 aromatic rings. The van der Waals surface area contributed by atoms with E-state index in [0.29, 0.717) is 0 Å². The van der Waals surface area contributed by atoms with Crippen LogP contribution < -0.4 is 5.40 Å². The highest BCUT2D eigenvalue weighted by atomic mass is 28.3. The van der Waals surface area contributed by atoms with Gasteiger partial charge in [-0.2, -0.15) is 0 Å². The van der Waals surface area contributed by atoms with Crippen molar-refractivity contribution >= 4 is 19.0 Å². The molecule has 0 spiro atoms. The van der Waals surface area contributed by atoms with Gasteiger partial charge in [0.25, 0.3) is 9.20 Å². The highest BCUT2D eigenvalue weighted by molar-refractivity contribution is 6.48. The number of rotatable bonds is 0. The predicted molar refractivity (Wildman–Crippen MR) is 55.7 cm³/mol. The van der Waals surface area contributed by atoms with Crippen LogP contribution in [-0.4, -0.2) is 32.2 Å². The van der Waals surface area contributed by atoms with Crippen molar-refractivity contribution in [2.45, 2.75) is 37.8 Å². The standard InChI is InChI=1S/C4H10NOSi.C4H8OSi/c5-7-4-2-1-3-6-7;1-2-4-6-5-3-1/h1-5H2;1-4H2. The Morgan fingerprint density at radius 3 is 2.15 bits per heavy atom. The van der Waals surface area contributed by atoms with Gasteiger partial charge in [-0.05, 0) is 24.9 Å². The summed E-state index contributed by atoms with van der Waals surface area (Å²) >= 11 is 0. The zero-order chi connectivity index (χ0) is 9.36. The minimum atomic E-state index is -0.793. The zero-order valence-electron chi connectivity index (χ0n) is 8.05. The molecule has 0 aromatic heterocycles. The molecule has 0 aromatic carbocycles. The summed E-state index contributed by atoms with van der Waals surface area (Å²) in [4.78, 5) is 0. The maximum Gasteiger partial charge on any atom is 0.299 e. The van der Waals surface area contributed by atoms with Crippen molar-refractivity contribution in [3.05, 3.63) is 0 Å². The van der Waals surface area contributed by atoms with Crippen LogP contribution in [0.3, 0.4) is 0 Å². The highest BCUT2D eigenvalue weighted by Crippen LogP contribution is 2.05. The summed E-state index contributed by atoms with van der Waals surface area (Å²) < 4.78 is 10.3. The molecule has 2 fully saturated rings. The molecule has 3 radical (unpaired) electrons. The van der Waals surface area contributed by atoms with Crippen molar-refractivity contribution in [2.24, 2.45) is 5.40 Å². The van der Waals surface area contributed by atoms with Gasteiger partial charge >= 0.3 is 0 Å². The first-order valence-corrected chi connectivity index (χ1v) is 7.79. The summed E-state index contributed by atoms with van der Waals surface area (Å²) in [6.45, 7) is 1.92. The minimum absolute atomic E-state index is 0.793. The van der Waals surface area contributed by atoms with E-state index in [2.05, 4.69) is 0 Å². The van der Waals surface area contributed by atoms with Crippen molar-refractivity contribution < 1.29 is 8.85 Å². The van der Waals surface area contributed by atoms with E-state index in [4.69, 9.17) is 14.3 Å². The molecule has 2 aliphatic heterocycles. The maximum atomic E-state index is 5.51. The van der Waals surface area contributed by atoms with E-state index >= 15 is 0 Å². The molecule has 13 heavy (non-hydrogen) atoms. The third-order valence-corrected chi connectivity index (χ3v) is 4.37. The first-order chi connectivity index (χ1) is 6.39. The summed E-state index contributed by atoms with van der Waals surface area (Å²) in [5.41, 5.74) is 0. The molecule has 2 aliphatic rings. The van der Waals surface area contributed by atoms with E-state index in [0.717, 1.165) is 29.0 Å². The molecule has 0 aliphatic carbocycles. The Balaban J connectivity index is 0.000000132. The largest absolute Gasteiger partial charge is 0.417 e. The van der Waals surface area contributed by atoms with E-state index in [1.165, 1.54) is 31.7 Å². The van der Waals surface area contributed by atoms with Crippen molar-refractivity contribution in [2.75, 3.05) is 13.2 Å². The topological polar surface area (TPSA) is 44.5 Å². The van der Waals surface area contributed by atoms with Gasteiger partial charge in [-0.25, -0.2) is 0 Å². The van der Waals surface area contributed by atoms with Gasteiger partial charge in [0.05, 0.1) is 0 Å². The lowest BCUT2D eigenvalue weighted by Crippen LogP contribution is -2.32. The van der Waals surface area contributed by atoms with Crippen molar-refractivity contribution in [1.82, 2.24) is 0 Å². The zero-order valence-corrected chi connectivity index (χ0v) is 10.1. The molecule has 5 heteroatoms. The number of hydrogen-bond donors (Lipinski definition) is 1. The molecule has 0 bridgehead atoms. The smallest absolute Gasteiger partial charge is 0.299 e. The quantitative estimate of drug-likeness (QED) is 0.616. The average molecular weight is 216 g/mol. The fourth-order valence-electron chi connectivity index (χ4n) is 1.19. The third-order valence-electron chi connectivity index (χ3n) is 1.98. The molecule has 2 saturated heterocycles. The van der Waals surface area contributed by atoms with Crippen LogP contribution in [0.4, 0.5) is 0 Å². The molecule has 0 amide bonds. The lowest BCUT2D eigenvalue weighted by molar-refractivity contribution is 0.287. The molecular weight excluding hydrogens is 198 g/mol. The maximum absolute atomic E-state index is 5.51. The molecule has 2 N–H and O–H groups in total. The normalized spacial score (nSPS) is 24.7. The van der Waals surface area contributed by atoms with Crippen LogP contribution in [-0.2, 0) is 8.85 Å². The van der Waals surface area contributed by atoms with Gasteiger partial charge in [0, 0.05) is 13.2 Å². The van der Waals surface area contributed by atoms with Gasteiger partial charge in [0.2, 0.25) is 9.76 Å². The van der Waals surface area contributed by atoms with Crippen LogP contribution in [0.5, 0.6) is 0 Å². The summed E-state index contributed by atoms with van der Waals surface area (Å²) in [5, 5.41) is 5.51. The van der Waals surface area contributed by atoms with Gasteiger partial charge in [-0.1, -0.05) is 12.8 Å². The summed E-state index contributed by atoms with van der Waals surface area (Å²) in [6, 6.07) is 2.45. The summed E-state index contributed by atoms with van der Waals surface area (Å²) in [6.07, 6.45) is 5.17. The average Bonchev–Trinajstić information content (AvgIpc) is 2.22. The minimum Gasteiger partial charge on any atom is -0.417 e. The molecule has 2 rings (SSSR count). The molecule has 0 atom stereocenters. The number of hydrogen-bond acceptors (Lipinski definition) is 3. The SMILES string of the molecule is C1CC[Si]OC1.N[Si]1CCCCO1. The van der Waals surface area contributed by atoms with Crippen LogP contribution in [0.1, 0.15) is 25.7 Å². The Kier molecular flexibility index (Phi) is 6.74. The lowest BCUT2D eigenvalue weighted by atomic mass is 10.4. The fraction of sp³-hybridized carbons (Fsp3) is 1.00. The van der Waals surface area contributed by atoms with Gasteiger partial charge in [-0.15, -0.1) is 0 Å². The molecule has 0 saturated carbocycles. The van der Waals surface area contributed by atoms with Gasteiger partial charge in [0.1, 0.15) is 0 Å². The highest BCUT2D eigenvalue weighted by Gasteiger charge is 2.10. The van der Waals surface area contributed by atoms with Gasteiger partial charge < -0.3 is 14.3 Å². The molecule has 0 unspecified atom stereocenters. The lowest BCUT2D eigenvalue weighted by Gasteiger charge is -2.14. The first kappa shape index (κ1) is 11.4. The Bertz CT molecular complexity index is 105. The molecular formula is C8H18NO2Si2. The third kappa shape index (κ3) is 6.39. The monoisotopic (exact) mass is 216 g/mol. The molecule has 3 nitrogen and oxygen atoms in total. The predicted octanol–water partition coefficient (Wildman–Crippen LogP) is 1.08. The Labute approximate surface area is 84.7 Å². The van der Waals surface area contributed by atoms with Crippen LogP contribution in [0.2, 0.25) is 12.1 Å². The van der Waals surface area contributed by atoms with E-state index in [1.54, 1.807) is 0 Å². The fourth-order valence-corrected chi connectivity index (χ4v) is 3.17. The second kappa shape index (κ2) is 7.69. The second-order valence-corrected chi connectivity index (χ2v) is 6.02. The van der Waals surface area contributed by atoms with Crippen molar-refractivity contribution in [1.29, 1.82) is 0 Å². The summed E-state index contributed by atoms with van der Waals surface area (Å²) in [7, 11) is 0.00862.